The molecule has 1 amide bonds. The molecule has 1 heterocycles. The summed E-state index contributed by atoms with van der Waals surface area (Å²) in [5.74, 6) is 1.73. The molecule has 0 bridgehead atoms. The maximum absolute atomic E-state index is 12.6. The summed E-state index contributed by atoms with van der Waals surface area (Å²) in [4.78, 5) is 23.6. The van der Waals surface area contributed by atoms with Crippen molar-refractivity contribution in [3.8, 4) is 0 Å². The van der Waals surface area contributed by atoms with E-state index in [4.69, 9.17) is 0 Å². The Balaban J connectivity index is 1.54. The van der Waals surface area contributed by atoms with Crippen LogP contribution in [-0.2, 0) is 4.79 Å². The minimum absolute atomic E-state index is 0.0476. The normalized spacial score (nSPS) is 19.4. The Bertz CT molecular complexity index is 803. The summed E-state index contributed by atoms with van der Waals surface area (Å²) in [6.45, 7) is 2.01. The zero-order valence-electron chi connectivity index (χ0n) is 16.0. The fraction of sp³-hybridized carbons (Fsp3) is 0.450. The van der Waals surface area contributed by atoms with Crippen molar-refractivity contribution in [3.05, 3.63) is 40.5 Å². The number of halogens is 1. The van der Waals surface area contributed by atoms with E-state index in [1.165, 1.54) is 0 Å². The fourth-order valence-corrected chi connectivity index (χ4v) is 3.82. The molecule has 1 saturated carbocycles. The van der Waals surface area contributed by atoms with E-state index in [0.29, 0.717) is 12.0 Å². The second-order valence-electron chi connectivity index (χ2n) is 7.26. The Morgan fingerprint density at radius 1 is 1.19 bits per heavy atom. The molecule has 0 aliphatic heterocycles. The van der Waals surface area contributed by atoms with E-state index in [9.17, 15) is 4.79 Å². The first-order valence-corrected chi connectivity index (χ1v) is 10.1. The topological polar surface area (TPSA) is 70.1 Å². The summed E-state index contributed by atoms with van der Waals surface area (Å²) in [5, 5.41) is 6.47. The van der Waals surface area contributed by atoms with Gasteiger partial charge in [0.2, 0.25) is 11.9 Å². The van der Waals surface area contributed by atoms with Gasteiger partial charge in [0.25, 0.3) is 0 Å². The molecule has 3 rings (SSSR count). The van der Waals surface area contributed by atoms with Gasteiger partial charge in [-0.3, -0.25) is 4.79 Å². The number of carbonyl (C=O) groups excluding carboxylic acids is 1. The van der Waals surface area contributed by atoms with Crippen molar-refractivity contribution in [3.63, 3.8) is 0 Å². The first-order chi connectivity index (χ1) is 12.9. The number of benzene rings is 1. The molecule has 7 heteroatoms. The van der Waals surface area contributed by atoms with Crippen LogP contribution in [0.2, 0.25) is 0 Å². The van der Waals surface area contributed by atoms with Gasteiger partial charge >= 0.3 is 0 Å². The van der Waals surface area contributed by atoms with Crippen LogP contribution in [-0.4, -0.2) is 36.0 Å². The SMILES string of the molecule is Cc1cnc(NC2CCC(C(=O)Nc3ccccc3Br)CC2)nc1N(C)C. The maximum Gasteiger partial charge on any atom is 0.227 e. The smallest absolute Gasteiger partial charge is 0.227 e. The van der Waals surface area contributed by atoms with Gasteiger partial charge in [-0.15, -0.1) is 0 Å². The largest absolute Gasteiger partial charge is 0.362 e. The summed E-state index contributed by atoms with van der Waals surface area (Å²) < 4.78 is 0.905. The third kappa shape index (κ3) is 4.97. The highest BCUT2D eigenvalue weighted by Gasteiger charge is 2.27. The zero-order valence-corrected chi connectivity index (χ0v) is 17.6. The molecule has 6 nitrogen and oxygen atoms in total. The second-order valence-corrected chi connectivity index (χ2v) is 8.11. The van der Waals surface area contributed by atoms with E-state index in [-0.39, 0.29) is 11.8 Å². The molecule has 0 atom stereocenters. The van der Waals surface area contributed by atoms with Crippen LogP contribution in [0.1, 0.15) is 31.2 Å². The summed E-state index contributed by atoms with van der Waals surface area (Å²) >= 11 is 3.47. The van der Waals surface area contributed by atoms with Crippen LogP contribution in [0, 0.1) is 12.8 Å². The predicted octanol–water partition coefficient (Wildman–Crippen LogP) is 4.22. The van der Waals surface area contributed by atoms with Gasteiger partial charge in [-0.2, -0.15) is 4.98 Å². The highest BCUT2D eigenvalue weighted by Crippen LogP contribution is 2.29. The number of amides is 1. The van der Waals surface area contributed by atoms with E-state index in [2.05, 4.69) is 36.5 Å². The third-order valence-corrected chi connectivity index (χ3v) is 5.62. The number of nitrogens with zero attached hydrogens (tertiary/aromatic N) is 3. The van der Waals surface area contributed by atoms with Crippen molar-refractivity contribution >= 4 is 39.3 Å². The first-order valence-electron chi connectivity index (χ1n) is 9.27. The lowest BCUT2D eigenvalue weighted by Crippen LogP contribution is -2.32. The molecular weight excluding hydrogens is 406 g/mol. The minimum atomic E-state index is 0.0476. The molecule has 2 N–H and O–H groups in total. The van der Waals surface area contributed by atoms with Crippen LogP contribution in [0.25, 0.3) is 0 Å². The van der Waals surface area contributed by atoms with Gasteiger partial charge in [0.1, 0.15) is 5.82 Å². The molecule has 0 spiro atoms. The van der Waals surface area contributed by atoms with Crippen molar-refractivity contribution in [1.29, 1.82) is 0 Å². The van der Waals surface area contributed by atoms with Crippen molar-refractivity contribution < 1.29 is 4.79 Å². The molecule has 144 valence electrons. The lowest BCUT2D eigenvalue weighted by molar-refractivity contribution is -0.120. The molecule has 1 aromatic heterocycles. The number of nitrogens with one attached hydrogen (secondary N) is 2. The highest BCUT2D eigenvalue weighted by molar-refractivity contribution is 9.10. The predicted molar refractivity (Wildman–Crippen MR) is 113 cm³/mol. The summed E-state index contributed by atoms with van der Waals surface area (Å²) in [5.41, 5.74) is 1.88. The maximum atomic E-state index is 12.6. The highest BCUT2D eigenvalue weighted by atomic mass is 79.9. The number of rotatable bonds is 5. The number of hydrogen-bond acceptors (Lipinski definition) is 5. The molecular formula is C20H26BrN5O. The average Bonchev–Trinajstić information content (AvgIpc) is 2.65. The van der Waals surface area contributed by atoms with Crippen LogP contribution in [0.4, 0.5) is 17.5 Å². The molecule has 0 saturated heterocycles. The molecule has 1 aliphatic rings. The Morgan fingerprint density at radius 2 is 1.89 bits per heavy atom. The Labute approximate surface area is 168 Å². The molecule has 0 unspecified atom stereocenters. The molecule has 1 fully saturated rings. The molecule has 2 aromatic rings. The van der Waals surface area contributed by atoms with Crippen molar-refractivity contribution in [2.75, 3.05) is 29.6 Å². The Kier molecular flexibility index (Phi) is 6.31. The van der Waals surface area contributed by atoms with Crippen molar-refractivity contribution in [1.82, 2.24) is 9.97 Å². The molecule has 27 heavy (non-hydrogen) atoms. The number of para-hydroxylation sites is 1. The lowest BCUT2D eigenvalue weighted by Gasteiger charge is -2.28. The van der Waals surface area contributed by atoms with Gasteiger partial charge in [-0.1, -0.05) is 12.1 Å². The van der Waals surface area contributed by atoms with Crippen LogP contribution in [0.15, 0.2) is 34.9 Å². The van der Waals surface area contributed by atoms with Crippen LogP contribution < -0.4 is 15.5 Å². The van der Waals surface area contributed by atoms with E-state index >= 15 is 0 Å². The van der Waals surface area contributed by atoms with Crippen LogP contribution in [0.3, 0.4) is 0 Å². The van der Waals surface area contributed by atoms with Crippen molar-refractivity contribution in [2.24, 2.45) is 5.92 Å². The van der Waals surface area contributed by atoms with Gasteiger partial charge < -0.3 is 15.5 Å². The van der Waals surface area contributed by atoms with E-state index in [0.717, 1.165) is 47.2 Å². The number of anilines is 3. The Morgan fingerprint density at radius 3 is 2.56 bits per heavy atom. The number of aromatic nitrogens is 2. The van der Waals surface area contributed by atoms with Gasteiger partial charge in [0, 0.05) is 42.3 Å². The first kappa shape index (κ1) is 19.6. The average molecular weight is 432 g/mol. The monoisotopic (exact) mass is 431 g/mol. The van der Waals surface area contributed by atoms with E-state index < -0.39 is 0 Å². The fourth-order valence-electron chi connectivity index (χ4n) is 3.44. The number of carbonyl (C=O) groups is 1. The third-order valence-electron chi connectivity index (χ3n) is 4.93. The molecule has 1 aliphatic carbocycles. The van der Waals surface area contributed by atoms with Crippen molar-refractivity contribution in [2.45, 2.75) is 38.6 Å². The van der Waals surface area contributed by atoms with Gasteiger partial charge in [0.15, 0.2) is 0 Å². The minimum Gasteiger partial charge on any atom is -0.362 e. The number of hydrogen-bond donors (Lipinski definition) is 2. The van der Waals surface area contributed by atoms with E-state index in [1.54, 1.807) is 0 Å². The van der Waals surface area contributed by atoms with Gasteiger partial charge in [-0.25, -0.2) is 4.98 Å². The van der Waals surface area contributed by atoms with Crippen LogP contribution in [0.5, 0.6) is 0 Å². The van der Waals surface area contributed by atoms with Gasteiger partial charge in [0.05, 0.1) is 5.69 Å². The second kappa shape index (κ2) is 8.69. The lowest BCUT2D eigenvalue weighted by atomic mass is 9.85. The van der Waals surface area contributed by atoms with Gasteiger partial charge in [-0.05, 0) is 60.7 Å². The Hall–Kier alpha value is -2.15. The number of aryl methyl sites for hydroxylation is 1. The quantitative estimate of drug-likeness (QED) is 0.741. The zero-order chi connectivity index (χ0) is 19.4. The van der Waals surface area contributed by atoms with Crippen LogP contribution >= 0.6 is 15.9 Å². The summed E-state index contributed by atoms with van der Waals surface area (Å²) in [6, 6.07) is 8.00. The standard InChI is InChI=1S/C20H26BrN5O/c1-13-12-22-20(25-18(13)26(2)3)23-15-10-8-14(9-11-15)19(27)24-17-7-5-4-6-16(17)21/h4-7,12,14-15H,8-11H2,1-3H3,(H,24,27)(H,22,23,25). The summed E-state index contributed by atoms with van der Waals surface area (Å²) in [7, 11) is 3.96. The molecule has 1 aromatic carbocycles. The summed E-state index contributed by atoms with van der Waals surface area (Å²) in [6.07, 6.45) is 5.44. The molecule has 0 radical (unpaired) electrons. The van der Waals surface area contributed by atoms with E-state index in [1.807, 2.05) is 56.4 Å².